The quantitative estimate of drug-likeness (QED) is 0.677. The number of aliphatic hydroxyl groups is 1. The van der Waals surface area contributed by atoms with E-state index in [1.807, 2.05) is 12.1 Å². The van der Waals surface area contributed by atoms with E-state index in [0.717, 1.165) is 6.42 Å². The molecule has 0 spiro atoms. The molecule has 0 aliphatic heterocycles. The second kappa shape index (κ2) is 8.41. The molecule has 1 fully saturated rings. The third-order valence-corrected chi connectivity index (χ3v) is 6.52. The van der Waals surface area contributed by atoms with E-state index >= 15 is 0 Å². The molecule has 2 rings (SSSR count). The zero-order valence-corrected chi connectivity index (χ0v) is 16.7. The molecule has 0 bridgehead atoms. The van der Waals surface area contributed by atoms with Crippen LogP contribution in [0.25, 0.3) is 0 Å². The molecule has 0 aromatic heterocycles. The van der Waals surface area contributed by atoms with Crippen LogP contribution in [0, 0.1) is 11.8 Å². The molecule has 1 aromatic rings. The average Bonchev–Trinajstić information content (AvgIpc) is 2.42. The molecule has 1 aliphatic rings. The molecule has 0 amide bonds. The Morgan fingerprint density at radius 1 is 1.21 bits per heavy atom. The Labute approximate surface area is 154 Å². The van der Waals surface area contributed by atoms with Crippen LogP contribution in [0.1, 0.15) is 52.5 Å². The third kappa shape index (κ3) is 4.89. The molecular formula is C19H30ClNO2S. The summed E-state index contributed by atoms with van der Waals surface area (Å²) >= 11 is 4.99. The van der Waals surface area contributed by atoms with Gasteiger partial charge in [0.2, 0.25) is 0 Å². The Kier molecular flexibility index (Phi) is 7.03. The molecule has 1 saturated carbocycles. The topological polar surface area (TPSA) is 55.3 Å². The second-order valence-electron chi connectivity index (χ2n) is 7.93. The normalized spacial score (nSPS) is 26.5. The van der Waals surface area contributed by atoms with Crippen LogP contribution < -0.4 is 4.72 Å². The lowest BCUT2D eigenvalue weighted by Gasteiger charge is -2.51. The summed E-state index contributed by atoms with van der Waals surface area (Å²) in [4.78, 5) is 0. The van der Waals surface area contributed by atoms with E-state index in [0.29, 0.717) is 35.5 Å². The molecule has 1 unspecified atom stereocenters. The Morgan fingerprint density at radius 2 is 1.79 bits per heavy atom. The highest BCUT2D eigenvalue weighted by Crippen LogP contribution is 2.48. The van der Waals surface area contributed by atoms with Crippen molar-refractivity contribution in [3.63, 3.8) is 0 Å². The highest BCUT2D eigenvalue weighted by atomic mass is 35.5. The summed E-state index contributed by atoms with van der Waals surface area (Å²) in [6, 6.07) is 7.99. The van der Waals surface area contributed by atoms with Crippen molar-refractivity contribution in [2.24, 2.45) is 11.8 Å². The summed E-state index contributed by atoms with van der Waals surface area (Å²) in [5, 5.41) is 10.7. The molecule has 3 nitrogen and oxygen atoms in total. The van der Waals surface area contributed by atoms with Crippen LogP contribution in [-0.4, -0.2) is 27.6 Å². The van der Waals surface area contributed by atoms with Gasteiger partial charge >= 0.3 is 0 Å². The molecule has 1 aromatic carbocycles. The van der Waals surface area contributed by atoms with Gasteiger partial charge in [-0.2, -0.15) is 0 Å². The molecule has 0 heterocycles. The van der Waals surface area contributed by atoms with E-state index in [1.165, 1.54) is 5.56 Å². The summed E-state index contributed by atoms with van der Waals surface area (Å²) in [6.07, 6.45) is 2.06. The van der Waals surface area contributed by atoms with E-state index in [4.69, 9.17) is 11.6 Å². The van der Waals surface area contributed by atoms with E-state index in [2.05, 4.69) is 44.5 Å². The first-order valence-electron chi connectivity index (χ1n) is 8.81. The van der Waals surface area contributed by atoms with Crippen molar-refractivity contribution >= 4 is 23.0 Å². The number of halogens is 1. The van der Waals surface area contributed by atoms with Crippen molar-refractivity contribution in [3.8, 4) is 0 Å². The van der Waals surface area contributed by atoms with Gasteiger partial charge < -0.3 is 9.66 Å². The minimum absolute atomic E-state index is 0.0849. The Hall–Kier alpha value is -0.260. The lowest BCUT2D eigenvalue weighted by atomic mass is 9.57. The number of nitrogens with one attached hydrogen (secondary N) is 1. The highest BCUT2D eigenvalue weighted by Gasteiger charge is 2.51. The van der Waals surface area contributed by atoms with Crippen molar-refractivity contribution < 1.29 is 9.66 Å². The van der Waals surface area contributed by atoms with Crippen molar-refractivity contribution in [1.82, 2.24) is 4.72 Å². The van der Waals surface area contributed by atoms with Gasteiger partial charge in [0.05, 0.1) is 12.1 Å². The number of hydrogen-bond donors (Lipinski definition) is 2. The standard InChI is InChI=1S/C19H30ClNO2S/c1-13(2)9-18(21-24(23)12-14(3)4)19(10-17(22)11-19)15-5-7-16(20)8-6-15/h5-8,13-14,17-18,21-22H,9-12H2,1-4H3/t17?,18-,19?,24?/m0/s1. The van der Waals surface area contributed by atoms with E-state index in [1.54, 1.807) is 0 Å². The molecule has 2 atom stereocenters. The minimum Gasteiger partial charge on any atom is -0.598 e. The van der Waals surface area contributed by atoms with Crippen LogP contribution in [0.15, 0.2) is 24.3 Å². The molecule has 5 heteroatoms. The summed E-state index contributed by atoms with van der Waals surface area (Å²) in [5.41, 5.74) is 1.01. The molecule has 2 N–H and O–H groups in total. The van der Waals surface area contributed by atoms with Crippen molar-refractivity contribution in [2.75, 3.05) is 5.75 Å². The zero-order valence-electron chi connectivity index (χ0n) is 15.1. The monoisotopic (exact) mass is 371 g/mol. The van der Waals surface area contributed by atoms with Crippen LogP contribution in [0.4, 0.5) is 0 Å². The fraction of sp³-hybridized carbons (Fsp3) is 0.684. The predicted octanol–water partition coefficient (Wildman–Crippen LogP) is 4.06. The van der Waals surface area contributed by atoms with Gasteiger partial charge in [-0.25, -0.2) is 0 Å². The maximum atomic E-state index is 12.5. The van der Waals surface area contributed by atoms with Crippen LogP contribution in [0.5, 0.6) is 0 Å². The van der Waals surface area contributed by atoms with Crippen LogP contribution in [0.2, 0.25) is 5.02 Å². The first kappa shape index (κ1) is 20.1. The van der Waals surface area contributed by atoms with Gasteiger partial charge in [0, 0.05) is 21.8 Å². The van der Waals surface area contributed by atoms with Crippen molar-refractivity contribution in [1.29, 1.82) is 0 Å². The maximum absolute atomic E-state index is 12.5. The predicted molar refractivity (Wildman–Crippen MR) is 103 cm³/mol. The molecule has 136 valence electrons. The second-order valence-corrected chi connectivity index (χ2v) is 9.63. The fourth-order valence-corrected chi connectivity index (χ4v) is 5.12. The first-order chi connectivity index (χ1) is 11.2. The zero-order chi connectivity index (χ0) is 17.9. The van der Waals surface area contributed by atoms with Gasteiger partial charge in [-0.1, -0.05) is 51.4 Å². The van der Waals surface area contributed by atoms with Gasteiger partial charge in [-0.15, -0.1) is 4.72 Å². The lowest BCUT2D eigenvalue weighted by molar-refractivity contribution is -0.00271. The highest BCUT2D eigenvalue weighted by molar-refractivity contribution is 7.89. The summed E-state index contributed by atoms with van der Waals surface area (Å²) < 4.78 is 15.9. The number of rotatable bonds is 8. The van der Waals surface area contributed by atoms with Crippen molar-refractivity contribution in [2.45, 2.75) is 64.5 Å². The molecule has 1 aliphatic carbocycles. The van der Waals surface area contributed by atoms with Crippen LogP contribution in [-0.2, 0) is 16.8 Å². The summed E-state index contributed by atoms with van der Waals surface area (Å²) in [7, 11) is 0. The van der Waals surface area contributed by atoms with E-state index < -0.39 is 11.4 Å². The van der Waals surface area contributed by atoms with Gasteiger partial charge in [0.15, 0.2) is 0 Å². The fourth-order valence-electron chi connectivity index (χ4n) is 3.65. The Bertz CT molecular complexity index is 515. The third-order valence-electron chi connectivity index (χ3n) is 4.75. The van der Waals surface area contributed by atoms with Crippen LogP contribution >= 0.6 is 11.6 Å². The van der Waals surface area contributed by atoms with Crippen LogP contribution in [0.3, 0.4) is 0 Å². The van der Waals surface area contributed by atoms with Gasteiger partial charge in [0.25, 0.3) is 0 Å². The van der Waals surface area contributed by atoms with E-state index in [-0.39, 0.29) is 17.6 Å². The minimum atomic E-state index is -1.06. The number of benzene rings is 1. The molecular weight excluding hydrogens is 342 g/mol. The largest absolute Gasteiger partial charge is 0.598 e. The van der Waals surface area contributed by atoms with E-state index in [9.17, 15) is 9.66 Å². The Morgan fingerprint density at radius 3 is 2.25 bits per heavy atom. The van der Waals surface area contributed by atoms with Gasteiger partial charge in [-0.3, -0.25) is 0 Å². The number of aliphatic hydroxyl groups excluding tert-OH is 1. The number of hydrogen-bond acceptors (Lipinski definition) is 3. The lowest BCUT2D eigenvalue weighted by Crippen LogP contribution is -2.59. The first-order valence-corrected chi connectivity index (χ1v) is 10.5. The Balaban J connectivity index is 2.26. The summed E-state index contributed by atoms with van der Waals surface area (Å²) in [5.74, 6) is 1.52. The SMILES string of the molecule is CC(C)C[C@H](N[S+]([O-])CC(C)C)C1(c2ccc(Cl)cc2)CC(O)C1. The molecule has 24 heavy (non-hydrogen) atoms. The molecule has 0 saturated heterocycles. The smallest absolute Gasteiger partial charge is 0.127 e. The average molecular weight is 372 g/mol. The van der Waals surface area contributed by atoms with Gasteiger partial charge in [-0.05, 0) is 48.8 Å². The summed E-state index contributed by atoms with van der Waals surface area (Å²) in [6.45, 7) is 8.54. The molecule has 0 radical (unpaired) electrons. The van der Waals surface area contributed by atoms with Crippen molar-refractivity contribution in [3.05, 3.63) is 34.9 Å². The van der Waals surface area contributed by atoms with Gasteiger partial charge in [0.1, 0.15) is 5.75 Å². The maximum Gasteiger partial charge on any atom is 0.127 e.